The number of benzene rings is 2. The summed E-state index contributed by atoms with van der Waals surface area (Å²) in [7, 11) is 1.65. The van der Waals surface area contributed by atoms with E-state index in [0.29, 0.717) is 11.5 Å². The van der Waals surface area contributed by atoms with Gasteiger partial charge in [0.2, 0.25) is 5.91 Å². The van der Waals surface area contributed by atoms with E-state index in [1.807, 2.05) is 42.5 Å². The molecular formula is C28H32N6O2. The number of nitrogens with zero attached hydrogens (tertiary/aromatic N) is 5. The number of ether oxygens (including phenoxy) is 1. The minimum absolute atomic E-state index is 0.0360. The van der Waals surface area contributed by atoms with Gasteiger partial charge in [0.15, 0.2) is 11.5 Å². The Labute approximate surface area is 211 Å². The molecule has 4 aromatic rings. The van der Waals surface area contributed by atoms with Gasteiger partial charge in [0.05, 0.1) is 7.11 Å². The maximum Gasteiger partial charge on any atom is 0.223 e. The fourth-order valence-corrected chi connectivity index (χ4v) is 4.70. The molecule has 1 aliphatic rings. The molecular weight excluding hydrogens is 452 g/mol. The van der Waals surface area contributed by atoms with Crippen LogP contribution >= 0.6 is 0 Å². The summed E-state index contributed by atoms with van der Waals surface area (Å²) >= 11 is 0. The second kappa shape index (κ2) is 10.8. The molecule has 1 saturated heterocycles. The molecule has 186 valence electrons. The molecule has 2 aromatic carbocycles. The van der Waals surface area contributed by atoms with Crippen LogP contribution in [0.25, 0.3) is 17.0 Å². The number of amides is 1. The first-order valence-corrected chi connectivity index (χ1v) is 12.6. The first-order valence-electron chi connectivity index (χ1n) is 12.6. The second-order valence-electron chi connectivity index (χ2n) is 9.41. The number of anilines is 1. The van der Waals surface area contributed by atoms with Crippen molar-refractivity contribution in [3.63, 3.8) is 0 Å². The highest BCUT2D eigenvalue weighted by atomic mass is 16.5. The van der Waals surface area contributed by atoms with Gasteiger partial charge in [-0.25, -0.2) is 0 Å². The average Bonchev–Trinajstić information content (AvgIpc) is 3.36. The SMILES string of the molecule is COc1ccc(-c2nnc3ccc(N4CCC(C(=O)NC(C)CCc5ccccc5)CC4)nn23)cc1. The van der Waals surface area contributed by atoms with Crippen molar-refractivity contribution in [3.05, 3.63) is 72.3 Å². The molecule has 5 rings (SSSR count). The molecule has 0 aliphatic carbocycles. The number of hydrogen-bond acceptors (Lipinski definition) is 6. The van der Waals surface area contributed by atoms with E-state index in [1.165, 1.54) is 5.56 Å². The standard InChI is InChI=1S/C28H32N6O2/c1-20(8-9-21-6-4-3-5-7-21)29-28(35)23-16-18-33(19-17-23)26-15-14-25-30-31-27(34(25)32-26)22-10-12-24(36-2)13-11-22/h3-7,10-15,20,23H,8-9,16-19H2,1-2H3,(H,29,35). The lowest BCUT2D eigenvalue weighted by molar-refractivity contribution is -0.126. The van der Waals surface area contributed by atoms with Crippen molar-refractivity contribution >= 4 is 17.4 Å². The van der Waals surface area contributed by atoms with Crippen LogP contribution in [-0.4, -0.2) is 52.0 Å². The summed E-state index contributed by atoms with van der Waals surface area (Å²) in [5, 5.41) is 16.7. The van der Waals surface area contributed by atoms with Gasteiger partial charge >= 0.3 is 0 Å². The topological polar surface area (TPSA) is 84.7 Å². The summed E-state index contributed by atoms with van der Waals surface area (Å²) in [5.41, 5.74) is 2.92. The smallest absolute Gasteiger partial charge is 0.223 e. The van der Waals surface area contributed by atoms with Crippen LogP contribution in [0.2, 0.25) is 0 Å². The number of carbonyl (C=O) groups excluding carboxylic acids is 1. The van der Waals surface area contributed by atoms with Crippen molar-refractivity contribution in [2.75, 3.05) is 25.1 Å². The van der Waals surface area contributed by atoms with Gasteiger partial charge in [0.25, 0.3) is 0 Å². The molecule has 2 aromatic heterocycles. The maximum atomic E-state index is 12.9. The van der Waals surface area contributed by atoms with Crippen molar-refractivity contribution in [1.29, 1.82) is 0 Å². The molecule has 0 radical (unpaired) electrons. The molecule has 1 aliphatic heterocycles. The maximum absolute atomic E-state index is 12.9. The van der Waals surface area contributed by atoms with Crippen molar-refractivity contribution in [2.45, 2.75) is 38.6 Å². The van der Waals surface area contributed by atoms with Crippen LogP contribution in [0.15, 0.2) is 66.7 Å². The van der Waals surface area contributed by atoms with Crippen molar-refractivity contribution < 1.29 is 9.53 Å². The van der Waals surface area contributed by atoms with E-state index in [9.17, 15) is 4.79 Å². The zero-order valence-electron chi connectivity index (χ0n) is 20.8. The zero-order valence-corrected chi connectivity index (χ0v) is 20.8. The van der Waals surface area contributed by atoms with E-state index in [1.54, 1.807) is 11.6 Å². The van der Waals surface area contributed by atoms with E-state index in [-0.39, 0.29) is 17.9 Å². The predicted molar refractivity (Wildman–Crippen MR) is 140 cm³/mol. The monoisotopic (exact) mass is 484 g/mol. The summed E-state index contributed by atoms with van der Waals surface area (Å²) in [6.07, 6.45) is 3.53. The number of nitrogens with one attached hydrogen (secondary N) is 1. The van der Waals surface area contributed by atoms with Crippen LogP contribution in [0.5, 0.6) is 5.75 Å². The predicted octanol–water partition coefficient (Wildman–Crippen LogP) is 4.15. The molecule has 1 atom stereocenters. The number of aryl methyl sites for hydroxylation is 1. The highest BCUT2D eigenvalue weighted by molar-refractivity contribution is 5.79. The highest BCUT2D eigenvalue weighted by Gasteiger charge is 2.27. The Morgan fingerprint density at radius 3 is 2.50 bits per heavy atom. The summed E-state index contributed by atoms with van der Waals surface area (Å²) in [6.45, 7) is 3.67. The quantitative estimate of drug-likeness (QED) is 0.404. The zero-order chi connectivity index (χ0) is 24.9. The Morgan fingerprint density at radius 2 is 1.78 bits per heavy atom. The van der Waals surface area contributed by atoms with Crippen LogP contribution in [-0.2, 0) is 11.2 Å². The van der Waals surface area contributed by atoms with Crippen LogP contribution in [0.1, 0.15) is 31.7 Å². The van der Waals surface area contributed by atoms with Crippen molar-refractivity contribution in [1.82, 2.24) is 25.1 Å². The van der Waals surface area contributed by atoms with E-state index in [4.69, 9.17) is 9.84 Å². The number of piperidine rings is 1. The molecule has 1 fully saturated rings. The number of aromatic nitrogens is 4. The number of rotatable bonds is 8. The molecule has 0 spiro atoms. The lowest BCUT2D eigenvalue weighted by Crippen LogP contribution is -2.43. The van der Waals surface area contributed by atoms with Gasteiger partial charge in [-0.15, -0.1) is 15.3 Å². The lowest BCUT2D eigenvalue weighted by atomic mass is 9.95. The van der Waals surface area contributed by atoms with Gasteiger partial charge in [0, 0.05) is 30.6 Å². The van der Waals surface area contributed by atoms with Gasteiger partial charge in [0.1, 0.15) is 11.6 Å². The first-order chi connectivity index (χ1) is 17.6. The van der Waals surface area contributed by atoms with Crippen LogP contribution in [0.3, 0.4) is 0 Å². The average molecular weight is 485 g/mol. The Morgan fingerprint density at radius 1 is 1.03 bits per heavy atom. The van der Waals surface area contributed by atoms with E-state index in [0.717, 1.165) is 55.9 Å². The molecule has 1 N–H and O–H groups in total. The number of fused-ring (bicyclic) bond motifs is 1. The molecule has 8 nitrogen and oxygen atoms in total. The van der Waals surface area contributed by atoms with Gasteiger partial charge in [-0.2, -0.15) is 4.52 Å². The molecule has 3 heterocycles. The summed E-state index contributed by atoms with van der Waals surface area (Å²) in [6, 6.07) is 22.2. The fourth-order valence-electron chi connectivity index (χ4n) is 4.70. The van der Waals surface area contributed by atoms with Gasteiger partial charge in [-0.3, -0.25) is 4.79 Å². The number of hydrogen-bond donors (Lipinski definition) is 1. The molecule has 0 saturated carbocycles. The Hall–Kier alpha value is -3.94. The first kappa shape index (κ1) is 23.8. The summed E-state index contributed by atoms with van der Waals surface area (Å²) in [4.78, 5) is 15.1. The number of methoxy groups -OCH3 is 1. The Kier molecular flexibility index (Phi) is 7.11. The minimum Gasteiger partial charge on any atom is -0.497 e. The largest absolute Gasteiger partial charge is 0.497 e. The van der Waals surface area contributed by atoms with Gasteiger partial charge in [-0.05, 0) is 74.6 Å². The molecule has 1 amide bonds. The molecule has 36 heavy (non-hydrogen) atoms. The highest BCUT2D eigenvalue weighted by Crippen LogP contribution is 2.25. The van der Waals surface area contributed by atoms with Crippen LogP contribution < -0.4 is 15.0 Å². The van der Waals surface area contributed by atoms with Crippen molar-refractivity contribution in [2.24, 2.45) is 5.92 Å². The molecule has 8 heteroatoms. The summed E-state index contributed by atoms with van der Waals surface area (Å²) in [5.74, 6) is 2.55. The lowest BCUT2D eigenvalue weighted by Gasteiger charge is -2.32. The Bertz CT molecular complexity index is 1300. The van der Waals surface area contributed by atoms with Gasteiger partial charge < -0.3 is 15.0 Å². The van der Waals surface area contributed by atoms with Crippen LogP contribution in [0, 0.1) is 5.92 Å². The summed E-state index contributed by atoms with van der Waals surface area (Å²) < 4.78 is 7.04. The fraction of sp³-hybridized carbons (Fsp3) is 0.357. The third-order valence-electron chi connectivity index (χ3n) is 6.88. The molecule has 0 bridgehead atoms. The second-order valence-corrected chi connectivity index (χ2v) is 9.41. The third-order valence-corrected chi connectivity index (χ3v) is 6.88. The van der Waals surface area contributed by atoms with Gasteiger partial charge in [-0.1, -0.05) is 30.3 Å². The third kappa shape index (κ3) is 5.32. The normalized spacial score (nSPS) is 15.1. The molecule has 1 unspecified atom stereocenters. The minimum atomic E-state index is 0.0360. The van der Waals surface area contributed by atoms with Crippen LogP contribution in [0.4, 0.5) is 5.82 Å². The number of carbonyl (C=O) groups is 1. The Balaban J connectivity index is 1.18. The van der Waals surface area contributed by atoms with E-state index < -0.39 is 0 Å². The van der Waals surface area contributed by atoms with E-state index in [2.05, 4.69) is 51.6 Å². The van der Waals surface area contributed by atoms with Crippen molar-refractivity contribution in [3.8, 4) is 17.1 Å². The van der Waals surface area contributed by atoms with E-state index >= 15 is 0 Å².